The first-order valence-corrected chi connectivity index (χ1v) is 10.3. The van der Waals surface area contributed by atoms with Crippen molar-refractivity contribution in [2.75, 3.05) is 20.3 Å². The quantitative estimate of drug-likeness (QED) is 0.675. The number of amides is 2. The number of aromatic nitrogens is 2. The zero-order valence-electron chi connectivity index (χ0n) is 17.5. The van der Waals surface area contributed by atoms with E-state index in [0.717, 1.165) is 41.9 Å². The molecule has 1 aliphatic rings. The van der Waals surface area contributed by atoms with Crippen molar-refractivity contribution in [1.29, 1.82) is 0 Å². The maximum atomic E-state index is 11.7. The zero-order valence-corrected chi connectivity index (χ0v) is 17.5. The SMILES string of the molecule is COCCC1CC(Oc2ccc(-c3ccc4nccn4c3C)cc2)CCN1C(N)=O. The third-order valence-corrected chi connectivity index (χ3v) is 5.89. The van der Waals surface area contributed by atoms with Gasteiger partial charge >= 0.3 is 6.03 Å². The highest BCUT2D eigenvalue weighted by Gasteiger charge is 2.31. The molecule has 2 N–H and O–H groups in total. The Morgan fingerprint density at radius 2 is 2.03 bits per heavy atom. The predicted octanol–water partition coefficient (Wildman–Crippen LogP) is 3.64. The molecule has 3 heterocycles. The summed E-state index contributed by atoms with van der Waals surface area (Å²) in [4.78, 5) is 17.8. The average Bonchev–Trinajstić information content (AvgIpc) is 3.23. The molecule has 0 saturated carbocycles. The highest BCUT2D eigenvalue weighted by Crippen LogP contribution is 2.29. The molecule has 3 aromatic rings. The van der Waals surface area contributed by atoms with E-state index in [4.69, 9.17) is 15.2 Å². The molecule has 1 fully saturated rings. The lowest BCUT2D eigenvalue weighted by molar-refractivity contribution is 0.0603. The van der Waals surface area contributed by atoms with E-state index in [1.54, 1.807) is 12.0 Å². The van der Waals surface area contributed by atoms with Crippen molar-refractivity contribution in [3.8, 4) is 16.9 Å². The number of piperidine rings is 1. The number of ether oxygens (including phenoxy) is 2. The largest absolute Gasteiger partial charge is 0.490 e. The summed E-state index contributed by atoms with van der Waals surface area (Å²) in [7, 11) is 1.67. The Morgan fingerprint density at radius 1 is 1.23 bits per heavy atom. The Bertz CT molecular complexity index is 1010. The highest BCUT2D eigenvalue weighted by atomic mass is 16.5. The van der Waals surface area contributed by atoms with Gasteiger partial charge in [-0.05, 0) is 43.2 Å². The van der Waals surface area contributed by atoms with Crippen LogP contribution in [0.15, 0.2) is 48.8 Å². The molecule has 4 rings (SSSR count). The number of hydrogen-bond donors (Lipinski definition) is 1. The van der Waals surface area contributed by atoms with Gasteiger partial charge in [0.05, 0.1) is 0 Å². The number of aryl methyl sites for hydroxylation is 1. The summed E-state index contributed by atoms with van der Waals surface area (Å²) in [6.45, 7) is 3.30. The van der Waals surface area contributed by atoms with E-state index in [9.17, 15) is 4.79 Å². The number of benzene rings is 1. The topological polar surface area (TPSA) is 82.1 Å². The van der Waals surface area contributed by atoms with E-state index < -0.39 is 0 Å². The number of carbonyl (C=O) groups is 1. The number of nitrogens with zero attached hydrogens (tertiary/aromatic N) is 3. The zero-order chi connectivity index (χ0) is 21.1. The van der Waals surface area contributed by atoms with Crippen molar-refractivity contribution in [1.82, 2.24) is 14.3 Å². The van der Waals surface area contributed by atoms with E-state index in [-0.39, 0.29) is 18.2 Å². The van der Waals surface area contributed by atoms with Gasteiger partial charge < -0.3 is 24.5 Å². The van der Waals surface area contributed by atoms with Crippen molar-refractivity contribution in [2.24, 2.45) is 5.73 Å². The molecule has 7 heteroatoms. The lowest BCUT2D eigenvalue weighted by Gasteiger charge is -2.38. The van der Waals surface area contributed by atoms with Crippen LogP contribution < -0.4 is 10.5 Å². The van der Waals surface area contributed by atoms with E-state index >= 15 is 0 Å². The van der Waals surface area contributed by atoms with Crippen molar-refractivity contribution in [3.05, 3.63) is 54.5 Å². The predicted molar refractivity (Wildman–Crippen MR) is 116 cm³/mol. The molecule has 158 valence electrons. The molecule has 2 unspecified atom stereocenters. The third-order valence-electron chi connectivity index (χ3n) is 5.89. The maximum absolute atomic E-state index is 11.7. The van der Waals surface area contributed by atoms with Gasteiger partial charge in [-0.2, -0.15) is 0 Å². The van der Waals surface area contributed by atoms with Crippen molar-refractivity contribution >= 4 is 11.7 Å². The van der Waals surface area contributed by atoms with Crippen molar-refractivity contribution < 1.29 is 14.3 Å². The molecule has 0 spiro atoms. The molecule has 2 atom stereocenters. The van der Waals surface area contributed by atoms with Crippen molar-refractivity contribution in [2.45, 2.75) is 38.3 Å². The van der Waals surface area contributed by atoms with Crippen LogP contribution in [0.1, 0.15) is 25.0 Å². The first-order chi connectivity index (χ1) is 14.6. The van der Waals surface area contributed by atoms with Crippen molar-refractivity contribution in [3.63, 3.8) is 0 Å². The molecule has 2 aromatic heterocycles. The first-order valence-electron chi connectivity index (χ1n) is 10.3. The Kier molecular flexibility index (Phi) is 5.90. The van der Waals surface area contributed by atoms with Crippen LogP contribution in [-0.2, 0) is 4.74 Å². The van der Waals surface area contributed by atoms with Gasteiger partial charge in [0.25, 0.3) is 0 Å². The number of primary amides is 1. The number of nitrogens with two attached hydrogens (primary N) is 1. The summed E-state index contributed by atoms with van der Waals surface area (Å²) in [5.74, 6) is 0.836. The molecule has 1 aliphatic heterocycles. The number of pyridine rings is 1. The van der Waals surface area contributed by atoms with Crippen LogP contribution in [0.2, 0.25) is 0 Å². The molecule has 0 radical (unpaired) electrons. The lowest BCUT2D eigenvalue weighted by Crippen LogP contribution is -2.51. The average molecular weight is 409 g/mol. The van der Waals surface area contributed by atoms with Crippen LogP contribution in [0.5, 0.6) is 5.75 Å². The first kappa shape index (κ1) is 20.2. The van der Waals surface area contributed by atoms with Gasteiger partial charge in [0.2, 0.25) is 0 Å². The smallest absolute Gasteiger partial charge is 0.315 e. The molecular weight excluding hydrogens is 380 g/mol. The fraction of sp³-hybridized carbons (Fsp3) is 0.391. The van der Waals surface area contributed by atoms with E-state index in [1.807, 2.05) is 30.6 Å². The summed E-state index contributed by atoms with van der Waals surface area (Å²) >= 11 is 0. The molecule has 1 aromatic carbocycles. The van der Waals surface area contributed by atoms with Gasteiger partial charge in [0, 0.05) is 62.8 Å². The fourth-order valence-electron chi connectivity index (χ4n) is 4.28. The summed E-state index contributed by atoms with van der Waals surface area (Å²) in [6, 6.07) is 12.0. The molecular formula is C23H28N4O3. The number of methoxy groups -OCH3 is 1. The van der Waals surface area contributed by atoms with Crippen LogP contribution >= 0.6 is 0 Å². The van der Waals surface area contributed by atoms with E-state index in [1.165, 1.54) is 5.56 Å². The Morgan fingerprint density at radius 3 is 2.77 bits per heavy atom. The summed E-state index contributed by atoms with van der Waals surface area (Å²) < 4.78 is 13.5. The second-order valence-corrected chi connectivity index (χ2v) is 7.74. The van der Waals surface area contributed by atoms with Gasteiger partial charge in [0.15, 0.2) is 0 Å². The second kappa shape index (κ2) is 8.75. The van der Waals surface area contributed by atoms with E-state index in [2.05, 4.69) is 34.5 Å². The number of imidazole rings is 1. The van der Waals surface area contributed by atoms with Gasteiger partial charge in [-0.3, -0.25) is 0 Å². The Balaban J connectivity index is 1.45. The lowest BCUT2D eigenvalue weighted by atomic mass is 9.97. The number of fused-ring (bicyclic) bond motifs is 1. The molecule has 7 nitrogen and oxygen atoms in total. The van der Waals surface area contributed by atoms with E-state index in [0.29, 0.717) is 13.2 Å². The third kappa shape index (κ3) is 4.11. The van der Waals surface area contributed by atoms with Gasteiger partial charge in [0.1, 0.15) is 17.5 Å². The molecule has 0 aliphatic carbocycles. The van der Waals surface area contributed by atoms with Gasteiger partial charge in [-0.25, -0.2) is 9.78 Å². The number of urea groups is 1. The number of likely N-dealkylation sites (tertiary alicyclic amines) is 1. The molecule has 0 bridgehead atoms. The van der Waals surface area contributed by atoms with Crippen LogP contribution in [-0.4, -0.2) is 52.7 Å². The Labute approximate surface area is 176 Å². The molecule has 2 amide bonds. The number of rotatable bonds is 6. The van der Waals surface area contributed by atoms with Gasteiger partial charge in [-0.15, -0.1) is 0 Å². The van der Waals surface area contributed by atoms with Crippen LogP contribution in [0, 0.1) is 6.92 Å². The molecule has 1 saturated heterocycles. The second-order valence-electron chi connectivity index (χ2n) is 7.74. The minimum absolute atomic E-state index is 0.0463. The number of hydrogen-bond acceptors (Lipinski definition) is 4. The summed E-state index contributed by atoms with van der Waals surface area (Å²) in [5, 5.41) is 0. The van der Waals surface area contributed by atoms with Gasteiger partial charge in [-0.1, -0.05) is 12.1 Å². The fourth-order valence-corrected chi connectivity index (χ4v) is 4.28. The minimum Gasteiger partial charge on any atom is -0.490 e. The standard InChI is InChI=1S/C23H28N4O3/c1-16-21(7-8-22-25-11-13-26(16)22)17-3-5-19(6-4-17)30-20-9-12-27(23(24)28)18(15-20)10-14-29-2/h3-8,11,13,18,20H,9-10,12,14-15H2,1-2H3,(H2,24,28). The van der Waals surface area contributed by atoms with Crippen LogP contribution in [0.3, 0.4) is 0 Å². The molecule has 30 heavy (non-hydrogen) atoms. The summed E-state index contributed by atoms with van der Waals surface area (Å²) in [6.07, 6.45) is 6.12. The Hall–Kier alpha value is -3.06. The van der Waals surface area contributed by atoms with Crippen LogP contribution in [0.4, 0.5) is 4.79 Å². The summed E-state index contributed by atoms with van der Waals surface area (Å²) in [5.41, 5.74) is 9.94. The number of carbonyl (C=O) groups excluding carboxylic acids is 1. The highest BCUT2D eigenvalue weighted by molar-refractivity contribution is 5.72. The minimum atomic E-state index is -0.371. The monoisotopic (exact) mass is 408 g/mol. The maximum Gasteiger partial charge on any atom is 0.315 e. The normalized spacial score (nSPS) is 19.2. The van der Waals surface area contributed by atoms with Crippen LogP contribution in [0.25, 0.3) is 16.8 Å².